The van der Waals surface area contributed by atoms with E-state index in [9.17, 15) is 0 Å². The van der Waals surface area contributed by atoms with E-state index in [1.807, 2.05) is 88.3 Å². The lowest BCUT2D eigenvalue weighted by molar-refractivity contribution is -0.599. The second kappa shape index (κ2) is 9.47. The number of nitrogens with zero attached hydrogens (tertiary/aromatic N) is 3. The molecule has 5 nitrogen and oxygen atoms in total. The van der Waals surface area contributed by atoms with Crippen molar-refractivity contribution in [2.24, 2.45) is 0 Å². The van der Waals surface area contributed by atoms with Crippen molar-refractivity contribution < 1.29 is 14.0 Å². The second-order valence-electron chi connectivity index (χ2n) is 9.28. The Morgan fingerprint density at radius 1 is 0.771 bits per heavy atom. The Bertz CT molecular complexity index is 1440. The zero-order chi connectivity index (χ0) is 24.3. The lowest BCUT2D eigenvalue weighted by atomic mass is 9.87. The van der Waals surface area contributed by atoms with E-state index in [1.165, 1.54) is 5.56 Å². The highest BCUT2D eigenvalue weighted by Crippen LogP contribution is 2.28. The molecular weight excluding hydrogens is 434 g/mol. The summed E-state index contributed by atoms with van der Waals surface area (Å²) in [6.45, 7) is 6.66. The van der Waals surface area contributed by atoms with Crippen LogP contribution in [0, 0.1) is 6.33 Å². The summed E-state index contributed by atoms with van der Waals surface area (Å²) in [5.74, 6) is 2.60. The minimum atomic E-state index is 0.0881. The van der Waals surface area contributed by atoms with Crippen molar-refractivity contribution >= 4 is 0 Å². The highest BCUT2D eigenvalue weighted by Gasteiger charge is 2.14. The molecule has 0 radical (unpaired) electrons. The van der Waals surface area contributed by atoms with E-state index >= 15 is 0 Å². The molecule has 5 rings (SSSR count). The number of aromatic nitrogens is 3. The van der Waals surface area contributed by atoms with Gasteiger partial charge in [-0.3, -0.25) is 9.13 Å². The Balaban J connectivity index is 1.34. The molecule has 0 spiro atoms. The maximum absolute atomic E-state index is 6.13. The van der Waals surface area contributed by atoms with Crippen molar-refractivity contribution in [1.82, 2.24) is 9.55 Å². The van der Waals surface area contributed by atoms with Gasteiger partial charge in [0.1, 0.15) is 17.2 Å². The van der Waals surface area contributed by atoms with Crippen LogP contribution in [0.1, 0.15) is 26.3 Å². The van der Waals surface area contributed by atoms with E-state index in [2.05, 4.69) is 56.3 Å². The Labute approximate surface area is 205 Å². The molecule has 0 amide bonds. The normalized spacial score (nSPS) is 11.3. The molecule has 0 saturated heterocycles. The lowest BCUT2D eigenvalue weighted by Crippen LogP contribution is -2.29. The largest absolute Gasteiger partial charge is 0.458 e. The summed E-state index contributed by atoms with van der Waals surface area (Å²) in [5.41, 5.74) is 3.40. The molecule has 0 bridgehead atoms. The molecule has 0 atom stereocenters. The molecule has 0 aliphatic heterocycles. The summed E-state index contributed by atoms with van der Waals surface area (Å²) in [7, 11) is 0. The molecule has 2 aromatic heterocycles. The van der Waals surface area contributed by atoms with Crippen molar-refractivity contribution in [3.63, 3.8) is 0 Å². The minimum Gasteiger partial charge on any atom is -0.458 e. The van der Waals surface area contributed by atoms with Crippen LogP contribution < -0.4 is 14.0 Å². The summed E-state index contributed by atoms with van der Waals surface area (Å²) in [5, 5.41) is 0. The average Bonchev–Trinajstić information content (AvgIpc) is 3.35. The summed E-state index contributed by atoms with van der Waals surface area (Å²) >= 11 is 0. The van der Waals surface area contributed by atoms with Gasteiger partial charge < -0.3 is 9.47 Å². The van der Waals surface area contributed by atoms with Gasteiger partial charge in [-0.15, -0.1) is 0 Å². The number of pyridine rings is 1. The second-order valence-corrected chi connectivity index (χ2v) is 9.28. The van der Waals surface area contributed by atoms with Crippen LogP contribution >= 0.6 is 0 Å². The maximum atomic E-state index is 6.13. The van der Waals surface area contributed by atoms with Gasteiger partial charge in [0.15, 0.2) is 0 Å². The first-order chi connectivity index (χ1) is 16.9. The number of benzene rings is 3. The van der Waals surface area contributed by atoms with Gasteiger partial charge in [0.2, 0.25) is 5.88 Å². The van der Waals surface area contributed by atoms with Crippen LogP contribution in [0.5, 0.6) is 23.1 Å². The monoisotopic (exact) mass is 461 g/mol. The molecule has 2 heterocycles. The van der Waals surface area contributed by atoms with Crippen molar-refractivity contribution in [2.75, 3.05) is 0 Å². The predicted octanol–water partition coefficient (Wildman–Crippen LogP) is 6.83. The van der Waals surface area contributed by atoms with Gasteiger partial charge in [-0.05, 0) is 59.5 Å². The fourth-order valence-electron chi connectivity index (χ4n) is 3.69. The summed E-state index contributed by atoms with van der Waals surface area (Å²) in [6.07, 6.45) is 9.10. The lowest BCUT2D eigenvalue weighted by Gasteiger charge is -2.19. The van der Waals surface area contributed by atoms with Crippen molar-refractivity contribution in [2.45, 2.75) is 26.2 Å². The Kier molecular flexibility index (Phi) is 6.06. The van der Waals surface area contributed by atoms with E-state index in [-0.39, 0.29) is 5.41 Å². The molecule has 5 aromatic rings. The molecule has 0 saturated carbocycles. The van der Waals surface area contributed by atoms with Crippen LogP contribution in [-0.2, 0) is 5.41 Å². The van der Waals surface area contributed by atoms with Gasteiger partial charge in [0.05, 0.1) is 11.4 Å². The molecule has 0 N–H and O–H groups in total. The van der Waals surface area contributed by atoms with Crippen LogP contribution in [-0.4, -0.2) is 9.55 Å². The third-order valence-corrected chi connectivity index (χ3v) is 5.57. The summed E-state index contributed by atoms with van der Waals surface area (Å²) in [4.78, 5) is 4.20. The topological polar surface area (TPSA) is 40.2 Å². The number of hydrogen-bond acceptors (Lipinski definition) is 3. The molecule has 3 aromatic carbocycles. The zero-order valence-electron chi connectivity index (χ0n) is 20.1. The minimum absolute atomic E-state index is 0.0881. The molecule has 0 aliphatic carbocycles. The van der Waals surface area contributed by atoms with Crippen LogP contribution in [0.4, 0.5) is 0 Å². The maximum Gasteiger partial charge on any atom is 0.268 e. The summed E-state index contributed by atoms with van der Waals surface area (Å²) in [6, 6.07) is 29.5. The zero-order valence-corrected chi connectivity index (χ0v) is 20.1. The van der Waals surface area contributed by atoms with Gasteiger partial charge in [0.25, 0.3) is 6.33 Å². The molecule has 0 fully saturated rings. The quantitative estimate of drug-likeness (QED) is 0.205. The molecule has 5 heteroatoms. The first kappa shape index (κ1) is 22.4. The van der Waals surface area contributed by atoms with Crippen LogP contribution in [0.3, 0.4) is 0 Å². The molecule has 174 valence electrons. The SMILES string of the molecule is CC(C)(C)c1cccc(-[n+]2[c-]n(-c3cccc(Oc4cccc(Oc5ccccn5)c4)c3)cc2)c1. The van der Waals surface area contributed by atoms with Gasteiger partial charge in [-0.2, -0.15) is 0 Å². The van der Waals surface area contributed by atoms with Crippen LogP contribution in [0.15, 0.2) is 110 Å². The number of imidazole rings is 1. The van der Waals surface area contributed by atoms with Gasteiger partial charge in [-0.25, -0.2) is 4.98 Å². The number of rotatable bonds is 6. The van der Waals surface area contributed by atoms with Crippen LogP contribution in [0.2, 0.25) is 0 Å². The fraction of sp³-hybridized carbons (Fsp3) is 0.133. The van der Waals surface area contributed by atoms with E-state index in [0.29, 0.717) is 17.4 Å². The Morgan fingerprint density at radius 2 is 1.51 bits per heavy atom. The Hall–Kier alpha value is -4.38. The highest BCUT2D eigenvalue weighted by molar-refractivity contribution is 5.43. The predicted molar refractivity (Wildman–Crippen MR) is 136 cm³/mol. The number of ether oxygens (including phenoxy) is 2. The van der Waals surface area contributed by atoms with E-state index < -0.39 is 0 Å². The third kappa shape index (κ3) is 5.41. The molecular formula is C30H27N3O2. The van der Waals surface area contributed by atoms with Gasteiger partial charge in [-0.1, -0.05) is 51.1 Å². The first-order valence-electron chi connectivity index (χ1n) is 11.5. The molecule has 0 unspecified atom stereocenters. The third-order valence-electron chi connectivity index (χ3n) is 5.57. The molecule has 0 aliphatic rings. The van der Waals surface area contributed by atoms with Gasteiger partial charge >= 0.3 is 0 Å². The average molecular weight is 462 g/mol. The standard InChI is InChI=1S/C30H27N3O2/c1-30(2,3)23-9-6-10-24(19-23)32-17-18-33(22-32)25-11-7-12-26(20-25)34-27-13-8-14-28(21-27)35-29-15-4-5-16-31-29/h4-21H,1-3H3. The highest BCUT2D eigenvalue weighted by atomic mass is 16.5. The van der Waals surface area contributed by atoms with E-state index in [0.717, 1.165) is 17.1 Å². The fourth-order valence-corrected chi connectivity index (χ4v) is 3.69. The van der Waals surface area contributed by atoms with Crippen molar-refractivity contribution in [3.05, 3.63) is 121 Å². The smallest absolute Gasteiger partial charge is 0.268 e. The van der Waals surface area contributed by atoms with Crippen LogP contribution in [0.25, 0.3) is 11.4 Å². The van der Waals surface area contributed by atoms with E-state index in [1.54, 1.807) is 6.20 Å². The van der Waals surface area contributed by atoms with Crippen molar-refractivity contribution in [1.29, 1.82) is 0 Å². The van der Waals surface area contributed by atoms with E-state index in [4.69, 9.17) is 9.47 Å². The van der Waals surface area contributed by atoms with Gasteiger partial charge in [0, 0.05) is 30.7 Å². The summed E-state index contributed by atoms with van der Waals surface area (Å²) < 4.78 is 15.9. The molecule has 35 heavy (non-hydrogen) atoms. The van der Waals surface area contributed by atoms with Crippen molar-refractivity contribution in [3.8, 4) is 34.5 Å². The Morgan fingerprint density at radius 3 is 2.29 bits per heavy atom. The first-order valence-corrected chi connectivity index (χ1v) is 11.5. The number of hydrogen-bond donors (Lipinski definition) is 0.